The first kappa shape index (κ1) is 30.0. The number of nitrogens with one attached hydrogen (secondary N) is 1. The standard InChI is InChI=1S/C35H30N2O4S.ClH/c1-3-36-30-21-32-28(19-26(30)23-13-7-5-8-14-23)35(25-17-11-12-18-34(25)42(38,39)40)29-20-27(24-15-9-6-10-16-24)31(37-4-2)22-33(29)41-32;/h5-22,36H,3-4H2,1-2H3,(H,38,39,40);1H/p-1. The summed E-state index contributed by atoms with van der Waals surface area (Å²) in [6.07, 6.45) is 0. The summed E-state index contributed by atoms with van der Waals surface area (Å²) in [6.45, 7) is 5.31. The van der Waals surface area contributed by atoms with Gasteiger partial charge in [0, 0.05) is 64.1 Å². The highest BCUT2D eigenvalue weighted by atomic mass is 35.5. The zero-order valence-corrected chi connectivity index (χ0v) is 25.3. The van der Waals surface area contributed by atoms with Gasteiger partial charge in [-0.15, -0.1) is 0 Å². The molecule has 0 amide bonds. The summed E-state index contributed by atoms with van der Waals surface area (Å²) in [5.74, 6) is 0.560. The van der Waals surface area contributed by atoms with Crippen molar-refractivity contribution >= 4 is 26.8 Å². The van der Waals surface area contributed by atoms with E-state index in [4.69, 9.17) is 9.41 Å². The van der Waals surface area contributed by atoms with E-state index < -0.39 is 10.1 Å². The number of hydrogen-bond donors (Lipinski definition) is 2. The molecule has 0 saturated heterocycles. The highest BCUT2D eigenvalue weighted by Gasteiger charge is 2.25. The minimum atomic E-state index is -4.54. The van der Waals surface area contributed by atoms with E-state index in [-0.39, 0.29) is 17.3 Å². The van der Waals surface area contributed by atoms with Crippen LogP contribution in [0.2, 0.25) is 0 Å². The van der Waals surface area contributed by atoms with Crippen molar-refractivity contribution in [2.24, 2.45) is 4.99 Å². The second kappa shape index (κ2) is 12.4. The lowest BCUT2D eigenvalue weighted by molar-refractivity contribution is -0.0000129. The molecule has 43 heavy (non-hydrogen) atoms. The molecule has 0 unspecified atom stereocenters. The van der Waals surface area contributed by atoms with Crippen LogP contribution in [0.3, 0.4) is 0 Å². The largest absolute Gasteiger partial charge is 1.00 e. The average Bonchev–Trinajstić information content (AvgIpc) is 3.00. The topological polar surface area (TPSA) is 91.9 Å². The van der Waals surface area contributed by atoms with E-state index in [1.165, 1.54) is 6.07 Å². The van der Waals surface area contributed by atoms with E-state index in [9.17, 15) is 13.0 Å². The van der Waals surface area contributed by atoms with Crippen LogP contribution < -0.4 is 23.1 Å². The van der Waals surface area contributed by atoms with Crippen molar-refractivity contribution in [3.63, 3.8) is 0 Å². The highest BCUT2D eigenvalue weighted by molar-refractivity contribution is 7.86. The molecule has 0 radical (unpaired) electrons. The third-order valence-corrected chi connectivity index (χ3v) is 8.19. The number of nitrogens with zero attached hydrogens (tertiary/aromatic N) is 1. The normalized spacial score (nSPS) is 11.9. The van der Waals surface area contributed by atoms with Gasteiger partial charge in [0.1, 0.15) is 16.2 Å². The highest BCUT2D eigenvalue weighted by Crippen LogP contribution is 2.45. The monoisotopic (exact) mass is 609 g/mol. The fourth-order valence-corrected chi connectivity index (χ4v) is 6.20. The van der Waals surface area contributed by atoms with Crippen molar-refractivity contribution in [1.82, 2.24) is 0 Å². The van der Waals surface area contributed by atoms with Crippen LogP contribution in [0.15, 0.2) is 123 Å². The van der Waals surface area contributed by atoms with Crippen LogP contribution in [-0.4, -0.2) is 26.1 Å². The maximum absolute atomic E-state index is 12.7. The van der Waals surface area contributed by atoms with Gasteiger partial charge in [0.05, 0.1) is 5.36 Å². The Hall–Kier alpha value is -4.43. The first-order valence-electron chi connectivity index (χ1n) is 13.9. The van der Waals surface area contributed by atoms with Gasteiger partial charge in [0.2, 0.25) is 0 Å². The van der Waals surface area contributed by atoms with E-state index in [0.717, 1.165) is 38.7 Å². The summed E-state index contributed by atoms with van der Waals surface area (Å²) < 4.78 is 42.2. The number of fused-ring (bicyclic) bond motifs is 2. The van der Waals surface area contributed by atoms with Crippen molar-refractivity contribution in [3.8, 4) is 44.7 Å². The van der Waals surface area contributed by atoms with Crippen molar-refractivity contribution in [2.75, 3.05) is 18.4 Å². The Morgan fingerprint density at radius 1 is 0.744 bits per heavy atom. The molecule has 6 rings (SSSR count). The van der Waals surface area contributed by atoms with Crippen molar-refractivity contribution < 1.29 is 29.8 Å². The summed E-state index contributed by atoms with van der Waals surface area (Å²) in [4.78, 5) is 4.60. The maximum Gasteiger partial charge on any atom is 0.295 e. The fourth-order valence-electron chi connectivity index (χ4n) is 5.50. The molecule has 4 aromatic rings. The molecule has 8 heteroatoms. The van der Waals surface area contributed by atoms with Gasteiger partial charge in [-0.1, -0.05) is 78.9 Å². The fraction of sp³-hybridized carbons (Fsp3) is 0.114. The van der Waals surface area contributed by atoms with E-state index in [0.29, 0.717) is 41.1 Å². The third-order valence-electron chi connectivity index (χ3n) is 7.28. The van der Waals surface area contributed by atoms with Crippen LogP contribution >= 0.6 is 0 Å². The minimum absolute atomic E-state index is 0. The van der Waals surface area contributed by atoms with Gasteiger partial charge in [0.15, 0.2) is 0 Å². The first-order valence-corrected chi connectivity index (χ1v) is 15.3. The Kier molecular flexibility index (Phi) is 8.69. The summed E-state index contributed by atoms with van der Waals surface area (Å²) in [6, 6.07) is 34.4. The molecule has 4 aromatic carbocycles. The van der Waals surface area contributed by atoms with E-state index in [1.54, 1.807) is 18.2 Å². The quantitative estimate of drug-likeness (QED) is 0.193. The summed E-state index contributed by atoms with van der Waals surface area (Å²) in [5.41, 5.74) is 7.06. The SMILES string of the molecule is CCN=c1cc2oc3cc(NCC)c(-c4ccccc4)cc3c(-c3ccccc3S(=O)(=O)O)c-2cc1-c1ccccc1.[Cl-]. The summed E-state index contributed by atoms with van der Waals surface area (Å²) in [7, 11) is -4.54. The lowest BCUT2D eigenvalue weighted by Gasteiger charge is -2.20. The van der Waals surface area contributed by atoms with E-state index in [2.05, 4.69) is 5.32 Å². The lowest BCUT2D eigenvalue weighted by Crippen LogP contribution is -3.00. The Morgan fingerprint density at radius 3 is 2.00 bits per heavy atom. The zero-order chi connectivity index (χ0) is 29.3. The van der Waals surface area contributed by atoms with Gasteiger partial charge >= 0.3 is 0 Å². The van der Waals surface area contributed by atoms with E-state index >= 15 is 0 Å². The lowest BCUT2D eigenvalue weighted by atomic mass is 9.89. The molecule has 0 spiro atoms. The molecule has 218 valence electrons. The van der Waals surface area contributed by atoms with Gasteiger partial charge in [-0.25, -0.2) is 0 Å². The zero-order valence-electron chi connectivity index (χ0n) is 23.7. The first-order chi connectivity index (χ1) is 20.4. The minimum Gasteiger partial charge on any atom is -1.00 e. The predicted octanol–water partition coefficient (Wildman–Crippen LogP) is 5.14. The molecular weight excluding hydrogens is 580 g/mol. The number of hydrogen-bond acceptors (Lipinski definition) is 5. The number of rotatable bonds is 7. The Morgan fingerprint density at radius 2 is 1.37 bits per heavy atom. The van der Waals surface area contributed by atoms with Gasteiger partial charge in [-0.05, 0) is 43.2 Å². The molecule has 0 atom stereocenters. The van der Waals surface area contributed by atoms with Gasteiger partial charge in [-0.3, -0.25) is 9.55 Å². The molecule has 1 aliphatic carbocycles. The number of benzene rings is 5. The number of anilines is 1. The van der Waals surface area contributed by atoms with Crippen molar-refractivity contribution in [3.05, 3.63) is 115 Å². The summed E-state index contributed by atoms with van der Waals surface area (Å²) >= 11 is 0. The summed E-state index contributed by atoms with van der Waals surface area (Å²) in [5, 5.41) is 4.96. The van der Waals surface area contributed by atoms with E-state index in [1.807, 2.05) is 98.8 Å². The van der Waals surface area contributed by atoms with Gasteiger partial charge < -0.3 is 22.1 Å². The van der Waals surface area contributed by atoms with Crippen LogP contribution in [0, 0.1) is 0 Å². The molecule has 2 N–H and O–H groups in total. The second-order valence-electron chi connectivity index (χ2n) is 9.94. The van der Waals surface area contributed by atoms with Crippen LogP contribution in [0.25, 0.3) is 55.7 Å². The molecule has 2 aliphatic rings. The van der Waals surface area contributed by atoms with Gasteiger partial charge in [0.25, 0.3) is 10.1 Å². The molecule has 1 aliphatic heterocycles. The molecule has 0 bridgehead atoms. The molecule has 6 nitrogen and oxygen atoms in total. The Balaban J connectivity index is 0.00000368. The Bertz CT molecular complexity index is 2060. The predicted molar refractivity (Wildman–Crippen MR) is 169 cm³/mol. The van der Waals surface area contributed by atoms with Crippen molar-refractivity contribution in [1.29, 1.82) is 0 Å². The smallest absolute Gasteiger partial charge is 0.295 e. The van der Waals surface area contributed by atoms with Gasteiger partial charge in [-0.2, -0.15) is 8.42 Å². The molecule has 0 aromatic heterocycles. The molecule has 1 heterocycles. The second-order valence-corrected chi connectivity index (χ2v) is 11.3. The third kappa shape index (κ3) is 5.79. The van der Waals surface area contributed by atoms with Crippen LogP contribution in [0.4, 0.5) is 5.69 Å². The molecule has 0 fully saturated rings. The van der Waals surface area contributed by atoms with Crippen LogP contribution in [0.1, 0.15) is 13.8 Å². The van der Waals surface area contributed by atoms with Crippen LogP contribution in [-0.2, 0) is 10.1 Å². The van der Waals surface area contributed by atoms with Crippen molar-refractivity contribution in [2.45, 2.75) is 18.7 Å². The average molecular weight is 610 g/mol. The Labute approximate surface area is 257 Å². The molecule has 0 saturated carbocycles. The number of halogens is 1. The molecular formula is C35H30ClN2O4S-. The maximum atomic E-state index is 12.7. The van der Waals surface area contributed by atoms with Crippen LogP contribution in [0.5, 0.6) is 0 Å².